The molecule has 11 nitrogen and oxygen atoms in total. The number of imidazole rings is 1. The topological polar surface area (TPSA) is 142 Å². The summed E-state index contributed by atoms with van der Waals surface area (Å²) in [6, 6.07) is 7.97. The molecule has 1 aromatic carbocycles. The number of likely N-dealkylation sites (tertiary alicyclic amines) is 2. The molecule has 0 aliphatic carbocycles. The van der Waals surface area contributed by atoms with Crippen molar-refractivity contribution < 1.29 is 9.90 Å². The molecule has 0 radical (unpaired) electrons. The lowest BCUT2D eigenvalue weighted by Crippen LogP contribution is -2.40. The van der Waals surface area contributed by atoms with Crippen molar-refractivity contribution in [2.24, 2.45) is 11.3 Å². The molecule has 2 unspecified atom stereocenters. The minimum absolute atomic E-state index is 0.00968. The van der Waals surface area contributed by atoms with Crippen LogP contribution in [0.4, 0.5) is 5.95 Å². The zero-order chi connectivity index (χ0) is 20.0. The normalized spacial score (nSPS) is 24.4. The van der Waals surface area contributed by atoms with E-state index in [0.717, 1.165) is 29.9 Å². The third-order valence-electron chi connectivity index (χ3n) is 6.15. The van der Waals surface area contributed by atoms with Gasteiger partial charge in [-0.25, -0.2) is 9.67 Å². The van der Waals surface area contributed by atoms with Crippen LogP contribution in [0, 0.1) is 11.3 Å². The third kappa shape index (κ3) is 3.12. The first-order valence-corrected chi connectivity index (χ1v) is 9.62. The Kier molecular flexibility index (Phi) is 4.21. The fourth-order valence-electron chi connectivity index (χ4n) is 4.67. The molecule has 3 aromatic rings. The average molecular weight is 397 g/mol. The largest absolute Gasteiger partial charge is 0.396 e. The average Bonchev–Trinajstić information content (AvgIpc) is 3.44. The van der Waals surface area contributed by atoms with Gasteiger partial charge >= 0.3 is 0 Å². The van der Waals surface area contributed by atoms with Crippen molar-refractivity contribution in [1.29, 1.82) is 0 Å². The summed E-state index contributed by atoms with van der Waals surface area (Å²) in [6.45, 7) is 3.42. The summed E-state index contributed by atoms with van der Waals surface area (Å²) in [5.41, 5.74) is 7.32. The van der Waals surface area contributed by atoms with Crippen LogP contribution in [-0.2, 0) is 17.9 Å². The lowest BCUT2D eigenvalue weighted by atomic mass is 9.82. The molecule has 152 valence electrons. The molecular formula is C18H23N9O2. The number of nitrogens with one attached hydrogen (secondary N) is 1. The number of H-pyrrole nitrogens is 1. The lowest BCUT2D eigenvalue weighted by molar-refractivity contribution is -0.131. The number of hydrogen-bond donors (Lipinski definition) is 3. The molecule has 5 rings (SSSR count). The second-order valence-corrected chi connectivity index (χ2v) is 8.06. The summed E-state index contributed by atoms with van der Waals surface area (Å²) in [7, 11) is 0. The summed E-state index contributed by atoms with van der Waals surface area (Å²) < 4.78 is 1.29. The minimum atomic E-state index is -0.312. The fourth-order valence-corrected chi connectivity index (χ4v) is 4.67. The second kappa shape index (κ2) is 6.78. The van der Waals surface area contributed by atoms with Gasteiger partial charge in [0.2, 0.25) is 11.9 Å². The lowest BCUT2D eigenvalue weighted by Gasteiger charge is -2.27. The standard InChI is InChI=1S/C18H23N9O2/c19-17-22-23-24-27(17)8-16(29)26-6-12-5-25(9-18(12,10-26)11-28)7-15-20-13-3-1-2-4-14(13)21-15/h1-4,12,28H,5-11H2,(H,20,21)(H2,19,22,24). The van der Waals surface area contributed by atoms with Crippen molar-refractivity contribution in [3.8, 4) is 0 Å². The number of anilines is 1. The number of rotatable bonds is 5. The van der Waals surface area contributed by atoms with E-state index in [1.807, 2.05) is 24.3 Å². The Balaban J connectivity index is 1.25. The van der Waals surface area contributed by atoms with Gasteiger partial charge in [-0.05, 0) is 28.5 Å². The Morgan fingerprint density at radius 3 is 2.90 bits per heavy atom. The number of nitrogen functional groups attached to an aromatic ring is 1. The van der Waals surface area contributed by atoms with E-state index in [0.29, 0.717) is 19.6 Å². The predicted molar refractivity (Wildman–Crippen MR) is 103 cm³/mol. The summed E-state index contributed by atoms with van der Waals surface area (Å²) in [5.74, 6) is 1.16. The van der Waals surface area contributed by atoms with Crippen molar-refractivity contribution >= 4 is 22.9 Å². The van der Waals surface area contributed by atoms with Crippen LogP contribution in [0.15, 0.2) is 24.3 Å². The number of aliphatic hydroxyl groups is 1. The molecule has 2 aromatic heterocycles. The Labute approximate surface area is 166 Å². The van der Waals surface area contributed by atoms with Gasteiger partial charge in [0.25, 0.3) is 0 Å². The Bertz CT molecular complexity index is 1010. The Morgan fingerprint density at radius 1 is 1.31 bits per heavy atom. The smallest absolute Gasteiger partial charge is 0.244 e. The van der Waals surface area contributed by atoms with Crippen molar-refractivity contribution in [3.05, 3.63) is 30.1 Å². The van der Waals surface area contributed by atoms with Gasteiger partial charge in [-0.1, -0.05) is 17.2 Å². The molecule has 29 heavy (non-hydrogen) atoms. The van der Waals surface area contributed by atoms with Gasteiger partial charge in [0.05, 0.1) is 24.2 Å². The highest BCUT2D eigenvalue weighted by molar-refractivity contribution is 5.77. The van der Waals surface area contributed by atoms with Gasteiger partial charge in [0.15, 0.2) is 0 Å². The van der Waals surface area contributed by atoms with Crippen LogP contribution in [-0.4, -0.2) is 83.8 Å². The minimum Gasteiger partial charge on any atom is -0.396 e. The quantitative estimate of drug-likeness (QED) is 0.502. The number of benzene rings is 1. The highest BCUT2D eigenvalue weighted by Gasteiger charge is 2.53. The highest BCUT2D eigenvalue weighted by Crippen LogP contribution is 2.42. The van der Waals surface area contributed by atoms with Gasteiger partial charge in [-0.15, -0.1) is 0 Å². The van der Waals surface area contributed by atoms with Crippen molar-refractivity contribution in [2.45, 2.75) is 13.1 Å². The summed E-state index contributed by atoms with van der Waals surface area (Å²) >= 11 is 0. The van der Waals surface area contributed by atoms with Crippen LogP contribution < -0.4 is 5.73 Å². The monoisotopic (exact) mass is 397 g/mol. The molecule has 1 amide bonds. The van der Waals surface area contributed by atoms with E-state index >= 15 is 0 Å². The fraction of sp³-hybridized carbons (Fsp3) is 0.500. The van der Waals surface area contributed by atoms with E-state index in [1.54, 1.807) is 4.90 Å². The van der Waals surface area contributed by atoms with E-state index in [1.165, 1.54) is 4.68 Å². The number of aliphatic hydroxyl groups excluding tert-OH is 1. The zero-order valence-corrected chi connectivity index (χ0v) is 15.9. The van der Waals surface area contributed by atoms with E-state index in [2.05, 4.69) is 30.4 Å². The van der Waals surface area contributed by atoms with Crippen molar-refractivity contribution in [3.63, 3.8) is 0 Å². The van der Waals surface area contributed by atoms with E-state index in [-0.39, 0.29) is 36.3 Å². The van der Waals surface area contributed by atoms with E-state index < -0.39 is 0 Å². The molecular weight excluding hydrogens is 374 g/mol. The molecule has 2 saturated heterocycles. The Hall–Kier alpha value is -3.05. The zero-order valence-electron chi connectivity index (χ0n) is 15.9. The first-order chi connectivity index (χ1) is 14.1. The molecule has 0 bridgehead atoms. The van der Waals surface area contributed by atoms with Crippen LogP contribution in [0.25, 0.3) is 11.0 Å². The molecule has 4 heterocycles. The third-order valence-corrected chi connectivity index (χ3v) is 6.15. The van der Waals surface area contributed by atoms with Gasteiger partial charge in [0.1, 0.15) is 12.4 Å². The second-order valence-electron chi connectivity index (χ2n) is 8.06. The molecule has 4 N–H and O–H groups in total. The number of aromatic nitrogens is 6. The number of tetrazole rings is 1. The molecule has 11 heteroatoms. The molecule has 2 aliphatic heterocycles. The number of carbonyl (C=O) groups is 1. The summed E-state index contributed by atoms with van der Waals surface area (Å²) in [6.07, 6.45) is 0. The number of carbonyl (C=O) groups excluding carboxylic acids is 1. The molecule has 2 atom stereocenters. The first kappa shape index (κ1) is 18.0. The van der Waals surface area contributed by atoms with E-state index in [9.17, 15) is 9.90 Å². The molecule has 2 aliphatic rings. The van der Waals surface area contributed by atoms with Crippen molar-refractivity contribution in [1.82, 2.24) is 40.0 Å². The van der Waals surface area contributed by atoms with Gasteiger partial charge in [-0.2, -0.15) is 0 Å². The molecule has 0 spiro atoms. The number of fused-ring (bicyclic) bond motifs is 2. The number of amides is 1. The van der Waals surface area contributed by atoms with Crippen LogP contribution in [0.2, 0.25) is 0 Å². The molecule has 2 fully saturated rings. The number of para-hydroxylation sites is 2. The van der Waals surface area contributed by atoms with Crippen LogP contribution >= 0.6 is 0 Å². The number of nitrogens with two attached hydrogens (primary N) is 1. The Morgan fingerprint density at radius 2 is 2.17 bits per heavy atom. The predicted octanol–water partition coefficient (Wildman–Crippen LogP) is -0.915. The van der Waals surface area contributed by atoms with E-state index in [4.69, 9.17) is 5.73 Å². The highest BCUT2D eigenvalue weighted by atomic mass is 16.3. The summed E-state index contributed by atoms with van der Waals surface area (Å²) in [4.78, 5) is 24.8. The van der Waals surface area contributed by atoms with Crippen molar-refractivity contribution in [2.75, 3.05) is 38.5 Å². The van der Waals surface area contributed by atoms with Gasteiger partial charge in [0, 0.05) is 31.6 Å². The van der Waals surface area contributed by atoms with Crippen LogP contribution in [0.1, 0.15) is 5.82 Å². The summed E-state index contributed by atoms with van der Waals surface area (Å²) in [5, 5.41) is 21.0. The maximum Gasteiger partial charge on any atom is 0.244 e. The number of aromatic amines is 1. The van der Waals surface area contributed by atoms with Gasteiger partial charge < -0.3 is 20.7 Å². The van der Waals surface area contributed by atoms with Crippen LogP contribution in [0.5, 0.6) is 0 Å². The van der Waals surface area contributed by atoms with Crippen LogP contribution in [0.3, 0.4) is 0 Å². The number of nitrogens with zero attached hydrogens (tertiary/aromatic N) is 7. The maximum absolute atomic E-state index is 12.7. The molecule has 0 saturated carbocycles. The maximum atomic E-state index is 12.7. The number of hydrogen-bond acceptors (Lipinski definition) is 8. The first-order valence-electron chi connectivity index (χ1n) is 9.62. The van der Waals surface area contributed by atoms with Gasteiger partial charge in [-0.3, -0.25) is 9.69 Å². The SMILES string of the molecule is Nc1nnnn1CC(=O)N1CC2CN(Cc3nc4ccccc4[nH]3)CC2(CO)C1.